The zero-order chi connectivity index (χ0) is 18.6. The van der Waals surface area contributed by atoms with E-state index in [1.165, 1.54) is 6.07 Å². The Morgan fingerprint density at radius 3 is 2.31 bits per heavy atom. The van der Waals surface area contributed by atoms with Gasteiger partial charge in [0.25, 0.3) is 0 Å². The van der Waals surface area contributed by atoms with Gasteiger partial charge in [0, 0.05) is 41.8 Å². The molecule has 0 aliphatic heterocycles. The van der Waals surface area contributed by atoms with Gasteiger partial charge < -0.3 is 10.8 Å². The number of aromatic nitrogens is 3. The van der Waals surface area contributed by atoms with Crippen LogP contribution in [0.3, 0.4) is 0 Å². The number of aliphatic hydroxyl groups excluding tert-OH is 1. The molecule has 9 heteroatoms. The molecule has 26 heavy (non-hydrogen) atoms. The van der Waals surface area contributed by atoms with Crippen LogP contribution >= 0.6 is 0 Å². The van der Waals surface area contributed by atoms with Gasteiger partial charge in [0.05, 0.1) is 17.2 Å². The predicted molar refractivity (Wildman–Crippen MR) is 97.4 cm³/mol. The average molecular weight is 371 g/mol. The van der Waals surface area contributed by atoms with Gasteiger partial charge in [-0.3, -0.25) is 4.98 Å². The van der Waals surface area contributed by atoms with Gasteiger partial charge in [0.15, 0.2) is 0 Å². The largest absolute Gasteiger partial charge is 0.395 e. The van der Waals surface area contributed by atoms with Gasteiger partial charge in [-0.15, -0.1) is 0 Å². The summed E-state index contributed by atoms with van der Waals surface area (Å²) < 4.78 is 27.2. The van der Waals surface area contributed by atoms with E-state index in [4.69, 9.17) is 10.8 Å². The molecule has 0 spiro atoms. The molecule has 0 amide bonds. The molecule has 2 aromatic heterocycles. The van der Waals surface area contributed by atoms with E-state index in [9.17, 15) is 8.42 Å². The predicted octanol–water partition coefficient (Wildman–Crippen LogP) is 1.06. The van der Waals surface area contributed by atoms with Crippen LogP contribution in [0, 0.1) is 0 Å². The van der Waals surface area contributed by atoms with Gasteiger partial charge >= 0.3 is 0 Å². The summed E-state index contributed by atoms with van der Waals surface area (Å²) in [5.41, 5.74) is 7.99. The number of sulfonamides is 1. The molecule has 0 saturated carbocycles. The number of hydrogen-bond donors (Lipinski definition) is 3. The molecule has 3 aromatic rings. The van der Waals surface area contributed by atoms with Crippen molar-refractivity contribution in [1.29, 1.82) is 0 Å². The Balaban J connectivity index is 1.96. The minimum absolute atomic E-state index is 0.0506. The third kappa shape index (κ3) is 3.85. The summed E-state index contributed by atoms with van der Waals surface area (Å²) in [5.74, 6) is 0.180. The number of nitrogens with zero attached hydrogens (tertiary/aromatic N) is 3. The van der Waals surface area contributed by atoms with Gasteiger partial charge in [0.1, 0.15) is 0 Å². The summed E-state index contributed by atoms with van der Waals surface area (Å²) in [6, 6.07) is 10.1. The van der Waals surface area contributed by atoms with Crippen molar-refractivity contribution in [3.8, 4) is 22.4 Å². The Kier molecular flexibility index (Phi) is 5.21. The summed E-state index contributed by atoms with van der Waals surface area (Å²) in [4.78, 5) is 12.3. The van der Waals surface area contributed by atoms with Gasteiger partial charge in [-0.2, -0.15) is 0 Å². The quantitative estimate of drug-likeness (QED) is 0.590. The van der Waals surface area contributed by atoms with Crippen molar-refractivity contribution < 1.29 is 13.5 Å². The van der Waals surface area contributed by atoms with Crippen molar-refractivity contribution in [1.82, 2.24) is 19.7 Å². The lowest BCUT2D eigenvalue weighted by molar-refractivity contribution is 0.301. The van der Waals surface area contributed by atoms with E-state index < -0.39 is 10.0 Å². The number of rotatable bonds is 6. The second-order valence-corrected chi connectivity index (χ2v) is 7.11. The highest BCUT2D eigenvalue weighted by atomic mass is 32.2. The van der Waals surface area contributed by atoms with Crippen molar-refractivity contribution >= 4 is 16.0 Å². The zero-order valence-corrected chi connectivity index (χ0v) is 14.5. The Hall–Kier alpha value is -2.88. The lowest BCUT2D eigenvalue weighted by Crippen LogP contribution is -2.27. The van der Waals surface area contributed by atoms with Crippen LogP contribution in [-0.2, 0) is 10.0 Å². The third-order valence-electron chi connectivity index (χ3n) is 3.62. The van der Waals surface area contributed by atoms with Gasteiger partial charge in [-0.1, -0.05) is 24.3 Å². The molecule has 0 saturated heterocycles. The maximum atomic E-state index is 12.4. The Morgan fingerprint density at radius 2 is 1.65 bits per heavy atom. The number of hydrogen-bond acceptors (Lipinski definition) is 7. The molecular formula is C17H17N5O3S. The first kappa shape index (κ1) is 17.9. The summed E-state index contributed by atoms with van der Waals surface area (Å²) >= 11 is 0. The number of nitrogen functional groups attached to an aromatic ring is 1. The molecule has 0 radical (unpaired) electrons. The minimum atomic E-state index is -3.74. The fraction of sp³-hybridized carbons (Fsp3) is 0.118. The minimum Gasteiger partial charge on any atom is -0.395 e. The number of anilines is 1. The first-order valence-electron chi connectivity index (χ1n) is 7.75. The molecule has 0 unspecified atom stereocenters. The van der Waals surface area contributed by atoms with E-state index >= 15 is 0 Å². The van der Waals surface area contributed by atoms with Gasteiger partial charge in [-0.25, -0.2) is 23.1 Å². The molecule has 0 aliphatic carbocycles. The lowest BCUT2D eigenvalue weighted by Gasteiger charge is -2.11. The van der Waals surface area contributed by atoms with E-state index in [1.54, 1.807) is 48.9 Å². The molecule has 134 valence electrons. The van der Waals surface area contributed by atoms with Crippen LogP contribution < -0.4 is 10.5 Å². The smallest absolute Gasteiger partial charge is 0.241 e. The fourth-order valence-corrected chi connectivity index (χ4v) is 3.64. The number of benzene rings is 1. The monoisotopic (exact) mass is 371 g/mol. The molecule has 3 rings (SSSR count). The summed E-state index contributed by atoms with van der Waals surface area (Å²) in [5, 5.41) is 8.86. The third-order valence-corrected chi connectivity index (χ3v) is 5.14. The van der Waals surface area contributed by atoms with Crippen molar-refractivity contribution in [3.63, 3.8) is 0 Å². The van der Waals surface area contributed by atoms with Gasteiger partial charge in [-0.05, 0) is 12.1 Å². The summed E-state index contributed by atoms with van der Waals surface area (Å²) in [7, 11) is -3.74. The van der Waals surface area contributed by atoms with Crippen LogP contribution in [0.4, 0.5) is 5.95 Å². The highest BCUT2D eigenvalue weighted by Gasteiger charge is 2.18. The second kappa shape index (κ2) is 7.56. The molecule has 0 bridgehead atoms. The number of aliphatic hydroxyl groups is 1. The molecule has 1 aromatic carbocycles. The molecule has 0 fully saturated rings. The van der Waals surface area contributed by atoms with Crippen molar-refractivity contribution in [2.45, 2.75) is 4.90 Å². The molecular weight excluding hydrogens is 354 g/mol. The van der Waals surface area contributed by atoms with E-state index in [1.807, 2.05) is 0 Å². The highest BCUT2D eigenvalue weighted by Crippen LogP contribution is 2.28. The first-order chi connectivity index (χ1) is 12.5. The normalized spacial score (nSPS) is 11.4. The van der Waals surface area contributed by atoms with E-state index in [0.717, 1.165) is 0 Å². The van der Waals surface area contributed by atoms with Crippen LogP contribution in [0.25, 0.3) is 22.4 Å². The average Bonchev–Trinajstić information content (AvgIpc) is 2.67. The lowest BCUT2D eigenvalue weighted by atomic mass is 10.1. The van der Waals surface area contributed by atoms with E-state index in [2.05, 4.69) is 19.7 Å². The molecule has 8 nitrogen and oxygen atoms in total. The Bertz CT molecular complexity index is 990. The van der Waals surface area contributed by atoms with Crippen LogP contribution in [0.1, 0.15) is 0 Å². The maximum absolute atomic E-state index is 12.4. The number of nitrogens with two attached hydrogens (primary N) is 1. The van der Waals surface area contributed by atoms with E-state index in [0.29, 0.717) is 22.4 Å². The van der Waals surface area contributed by atoms with Crippen molar-refractivity contribution in [2.24, 2.45) is 0 Å². The van der Waals surface area contributed by atoms with Crippen molar-refractivity contribution in [3.05, 3.63) is 55.0 Å². The molecule has 0 aliphatic rings. The second-order valence-electron chi connectivity index (χ2n) is 5.38. The van der Waals surface area contributed by atoms with Gasteiger partial charge in [0.2, 0.25) is 16.0 Å². The maximum Gasteiger partial charge on any atom is 0.241 e. The van der Waals surface area contributed by atoms with Crippen LogP contribution in [-0.4, -0.2) is 41.6 Å². The van der Waals surface area contributed by atoms with Crippen LogP contribution in [0.2, 0.25) is 0 Å². The molecule has 4 N–H and O–H groups in total. The number of pyridine rings is 1. The topological polar surface area (TPSA) is 131 Å². The fourth-order valence-electron chi connectivity index (χ4n) is 2.39. The Labute approximate surface area is 150 Å². The first-order valence-corrected chi connectivity index (χ1v) is 9.23. The van der Waals surface area contributed by atoms with E-state index in [-0.39, 0.29) is 24.0 Å². The van der Waals surface area contributed by atoms with Crippen LogP contribution in [0.15, 0.2) is 59.9 Å². The van der Waals surface area contributed by atoms with Crippen molar-refractivity contribution in [2.75, 3.05) is 18.9 Å². The zero-order valence-electron chi connectivity index (χ0n) is 13.7. The summed E-state index contributed by atoms with van der Waals surface area (Å²) in [6.07, 6.45) is 4.73. The molecule has 2 heterocycles. The highest BCUT2D eigenvalue weighted by molar-refractivity contribution is 7.89. The Morgan fingerprint density at radius 1 is 0.962 bits per heavy atom. The molecule has 0 atom stereocenters. The van der Waals surface area contributed by atoms with Crippen LogP contribution in [0.5, 0.6) is 0 Å². The number of nitrogens with one attached hydrogen (secondary N) is 1. The standard InChI is InChI=1S/C17H17N5O3S/c18-17-20-10-13(11-21-17)15-6-5-12(9-19-15)14-3-1-2-4-16(14)26(24,25)22-7-8-23/h1-6,9-11,22-23H,7-8H2,(H2,18,20,21). The summed E-state index contributed by atoms with van der Waals surface area (Å²) in [6.45, 7) is -0.327. The SMILES string of the molecule is Nc1ncc(-c2ccc(-c3ccccc3S(=O)(=O)NCCO)cn2)cn1.